The van der Waals surface area contributed by atoms with E-state index in [4.69, 9.17) is 9.26 Å². The molecule has 0 atom stereocenters. The number of methoxy groups -OCH3 is 1. The number of aromatic nitrogens is 4. The molecule has 4 rings (SSSR count). The van der Waals surface area contributed by atoms with Gasteiger partial charge in [-0.25, -0.2) is 4.98 Å². The molecular formula is C17H14N4O2. The van der Waals surface area contributed by atoms with Crippen LogP contribution < -0.4 is 4.74 Å². The molecule has 0 spiro atoms. The van der Waals surface area contributed by atoms with Gasteiger partial charge in [-0.2, -0.15) is 4.98 Å². The van der Waals surface area contributed by atoms with E-state index in [0.717, 1.165) is 22.3 Å². The van der Waals surface area contributed by atoms with Crippen LogP contribution in [-0.2, 0) is 6.54 Å². The maximum Gasteiger partial charge on any atom is 0.246 e. The number of fused-ring (bicyclic) bond motifs is 1. The summed E-state index contributed by atoms with van der Waals surface area (Å²) in [7, 11) is 1.64. The number of nitrogens with zero attached hydrogens (tertiary/aromatic N) is 4. The van der Waals surface area contributed by atoms with E-state index < -0.39 is 0 Å². The predicted molar refractivity (Wildman–Crippen MR) is 85.1 cm³/mol. The topological polar surface area (TPSA) is 66.0 Å². The Balaban J connectivity index is 1.60. The highest BCUT2D eigenvalue weighted by molar-refractivity contribution is 5.75. The van der Waals surface area contributed by atoms with Crippen LogP contribution in [0.15, 0.2) is 59.4 Å². The first-order valence-electron chi connectivity index (χ1n) is 7.20. The Labute approximate surface area is 132 Å². The zero-order valence-electron chi connectivity index (χ0n) is 12.5. The van der Waals surface area contributed by atoms with Gasteiger partial charge in [0.25, 0.3) is 0 Å². The van der Waals surface area contributed by atoms with Crippen molar-refractivity contribution in [2.24, 2.45) is 0 Å². The molecule has 0 saturated carbocycles. The van der Waals surface area contributed by atoms with Gasteiger partial charge in [0.15, 0.2) is 0 Å². The van der Waals surface area contributed by atoms with Crippen LogP contribution in [0.5, 0.6) is 5.75 Å². The van der Waals surface area contributed by atoms with E-state index in [1.165, 1.54) is 0 Å². The molecule has 0 aliphatic carbocycles. The van der Waals surface area contributed by atoms with Crippen molar-refractivity contribution in [2.45, 2.75) is 6.54 Å². The lowest BCUT2D eigenvalue weighted by molar-refractivity contribution is 0.372. The van der Waals surface area contributed by atoms with Gasteiger partial charge < -0.3 is 13.8 Å². The molecule has 2 aromatic heterocycles. The smallest absolute Gasteiger partial charge is 0.246 e. The largest absolute Gasteiger partial charge is 0.497 e. The van der Waals surface area contributed by atoms with Gasteiger partial charge in [0.05, 0.1) is 24.5 Å². The van der Waals surface area contributed by atoms with Crippen LogP contribution in [0.2, 0.25) is 0 Å². The molecule has 0 unspecified atom stereocenters. The normalized spacial score (nSPS) is 11.0. The Morgan fingerprint density at radius 2 is 1.91 bits per heavy atom. The molecule has 0 aliphatic heterocycles. The van der Waals surface area contributed by atoms with E-state index in [1.807, 2.05) is 53.1 Å². The first-order valence-corrected chi connectivity index (χ1v) is 7.20. The molecule has 0 aliphatic rings. The molecule has 23 heavy (non-hydrogen) atoms. The zero-order valence-corrected chi connectivity index (χ0v) is 12.5. The minimum absolute atomic E-state index is 0.490. The van der Waals surface area contributed by atoms with Gasteiger partial charge in [0, 0.05) is 5.56 Å². The van der Waals surface area contributed by atoms with Crippen LogP contribution in [0.3, 0.4) is 0 Å². The predicted octanol–water partition coefficient (Wildman–Crippen LogP) is 3.14. The minimum atomic E-state index is 0.490. The molecule has 4 aromatic rings. The van der Waals surface area contributed by atoms with Crippen molar-refractivity contribution in [3.05, 3.63) is 60.7 Å². The van der Waals surface area contributed by atoms with Crippen LogP contribution in [-0.4, -0.2) is 26.8 Å². The van der Waals surface area contributed by atoms with Crippen LogP contribution in [0.4, 0.5) is 0 Å². The average Bonchev–Trinajstić information content (AvgIpc) is 3.23. The third-order valence-electron chi connectivity index (χ3n) is 3.65. The number of ether oxygens (including phenoxy) is 1. The first kappa shape index (κ1) is 13.5. The Morgan fingerprint density at radius 3 is 2.74 bits per heavy atom. The van der Waals surface area contributed by atoms with Crippen LogP contribution in [0, 0.1) is 0 Å². The summed E-state index contributed by atoms with van der Waals surface area (Å²) in [4.78, 5) is 8.81. The van der Waals surface area contributed by atoms with E-state index in [0.29, 0.717) is 18.3 Å². The molecule has 0 bridgehead atoms. The standard InChI is InChI=1S/C17H14N4O2/c1-22-13-8-6-12(7-9-13)17-19-16(23-20-17)10-21-11-18-14-4-2-3-5-15(14)21/h2-9,11H,10H2,1H3. The van der Waals surface area contributed by atoms with Crippen molar-refractivity contribution >= 4 is 11.0 Å². The lowest BCUT2D eigenvalue weighted by atomic mass is 10.2. The molecule has 0 amide bonds. The second kappa shape index (κ2) is 5.57. The first-order chi connectivity index (χ1) is 11.3. The third kappa shape index (κ3) is 2.55. The van der Waals surface area contributed by atoms with Gasteiger partial charge in [0.1, 0.15) is 12.3 Å². The zero-order chi connectivity index (χ0) is 15.6. The van der Waals surface area contributed by atoms with Crippen molar-refractivity contribution in [2.75, 3.05) is 7.11 Å². The van der Waals surface area contributed by atoms with Gasteiger partial charge >= 0.3 is 0 Å². The number of rotatable bonds is 4. The summed E-state index contributed by atoms with van der Waals surface area (Å²) in [6.45, 7) is 0.490. The molecule has 0 radical (unpaired) electrons. The summed E-state index contributed by atoms with van der Waals surface area (Å²) < 4.78 is 12.5. The molecule has 0 N–H and O–H groups in total. The number of imidazole rings is 1. The maximum absolute atomic E-state index is 5.36. The summed E-state index contributed by atoms with van der Waals surface area (Å²) >= 11 is 0. The molecule has 6 nitrogen and oxygen atoms in total. The van der Waals surface area contributed by atoms with Crippen LogP contribution in [0.25, 0.3) is 22.4 Å². The fourth-order valence-electron chi connectivity index (χ4n) is 2.46. The molecule has 0 fully saturated rings. The Morgan fingerprint density at radius 1 is 1.09 bits per heavy atom. The summed E-state index contributed by atoms with van der Waals surface area (Å²) in [5.41, 5.74) is 2.87. The van der Waals surface area contributed by atoms with Crippen molar-refractivity contribution in [1.82, 2.24) is 19.7 Å². The highest BCUT2D eigenvalue weighted by atomic mass is 16.5. The van der Waals surface area contributed by atoms with Crippen molar-refractivity contribution < 1.29 is 9.26 Å². The Kier molecular flexibility index (Phi) is 3.27. The molecule has 2 heterocycles. The number of hydrogen-bond acceptors (Lipinski definition) is 5. The van der Waals surface area contributed by atoms with E-state index >= 15 is 0 Å². The minimum Gasteiger partial charge on any atom is -0.497 e. The van der Waals surface area contributed by atoms with Crippen LogP contribution >= 0.6 is 0 Å². The van der Waals surface area contributed by atoms with E-state index in [1.54, 1.807) is 13.4 Å². The van der Waals surface area contributed by atoms with E-state index in [9.17, 15) is 0 Å². The lowest BCUT2D eigenvalue weighted by Crippen LogP contribution is -1.98. The van der Waals surface area contributed by atoms with Gasteiger partial charge in [-0.3, -0.25) is 0 Å². The fraction of sp³-hybridized carbons (Fsp3) is 0.118. The molecular weight excluding hydrogens is 292 g/mol. The fourth-order valence-corrected chi connectivity index (χ4v) is 2.46. The second-order valence-electron chi connectivity index (χ2n) is 5.10. The van der Waals surface area contributed by atoms with Gasteiger partial charge in [0.2, 0.25) is 11.7 Å². The number of para-hydroxylation sites is 2. The Hall–Kier alpha value is -3.15. The number of hydrogen-bond donors (Lipinski definition) is 0. The summed E-state index contributed by atoms with van der Waals surface area (Å²) in [5, 5.41) is 4.04. The van der Waals surface area contributed by atoms with Crippen LogP contribution in [0.1, 0.15) is 5.89 Å². The second-order valence-corrected chi connectivity index (χ2v) is 5.10. The quantitative estimate of drug-likeness (QED) is 0.579. The van der Waals surface area contributed by atoms with Crippen molar-refractivity contribution in [3.63, 3.8) is 0 Å². The highest BCUT2D eigenvalue weighted by Crippen LogP contribution is 2.20. The SMILES string of the molecule is COc1ccc(-c2noc(Cn3cnc4ccccc43)n2)cc1. The number of benzene rings is 2. The highest BCUT2D eigenvalue weighted by Gasteiger charge is 2.11. The van der Waals surface area contributed by atoms with Gasteiger partial charge in [-0.1, -0.05) is 17.3 Å². The lowest BCUT2D eigenvalue weighted by Gasteiger charge is -1.99. The van der Waals surface area contributed by atoms with Crippen molar-refractivity contribution in [1.29, 1.82) is 0 Å². The Bertz CT molecular complexity index is 941. The average molecular weight is 306 g/mol. The molecule has 2 aromatic carbocycles. The van der Waals surface area contributed by atoms with Gasteiger partial charge in [-0.15, -0.1) is 0 Å². The monoisotopic (exact) mass is 306 g/mol. The molecule has 114 valence electrons. The van der Waals surface area contributed by atoms with Gasteiger partial charge in [-0.05, 0) is 36.4 Å². The maximum atomic E-state index is 5.36. The molecule has 6 heteroatoms. The summed E-state index contributed by atoms with van der Waals surface area (Å²) in [6.07, 6.45) is 1.78. The summed E-state index contributed by atoms with van der Waals surface area (Å²) in [5.74, 6) is 1.90. The summed E-state index contributed by atoms with van der Waals surface area (Å²) in [6, 6.07) is 15.5. The van der Waals surface area contributed by atoms with E-state index in [2.05, 4.69) is 15.1 Å². The molecule has 0 saturated heterocycles. The third-order valence-corrected chi connectivity index (χ3v) is 3.65. The van der Waals surface area contributed by atoms with E-state index in [-0.39, 0.29) is 0 Å². The van der Waals surface area contributed by atoms with Crippen molar-refractivity contribution in [3.8, 4) is 17.1 Å².